The fraction of sp³-hybridized carbons (Fsp3) is 0.455. The first-order valence-corrected chi connectivity index (χ1v) is 5.62. The Hall–Kier alpha value is -1.10. The number of pyridine rings is 1. The SMILES string of the molecule is CC(C)(C)OC(=O)Cc1ncc(O)cc1Br. The molecule has 1 N–H and O–H groups in total. The molecule has 4 nitrogen and oxygen atoms in total. The van der Waals surface area contributed by atoms with Crippen LogP contribution in [0.1, 0.15) is 26.5 Å². The van der Waals surface area contributed by atoms with E-state index >= 15 is 0 Å². The molecule has 0 unspecified atom stereocenters. The molecule has 0 spiro atoms. The van der Waals surface area contributed by atoms with Crippen LogP contribution in [0.5, 0.6) is 5.75 Å². The van der Waals surface area contributed by atoms with Gasteiger partial charge in [-0.05, 0) is 42.8 Å². The van der Waals surface area contributed by atoms with Gasteiger partial charge in [-0.1, -0.05) is 0 Å². The van der Waals surface area contributed by atoms with Gasteiger partial charge in [-0.2, -0.15) is 0 Å². The van der Waals surface area contributed by atoms with Gasteiger partial charge >= 0.3 is 5.97 Å². The highest BCUT2D eigenvalue weighted by Gasteiger charge is 2.18. The highest BCUT2D eigenvalue weighted by Crippen LogP contribution is 2.20. The van der Waals surface area contributed by atoms with Crippen LogP contribution in [0.4, 0.5) is 0 Å². The van der Waals surface area contributed by atoms with Crippen molar-refractivity contribution in [3.63, 3.8) is 0 Å². The first kappa shape index (κ1) is 13.0. The summed E-state index contributed by atoms with van der Waals surface area (Å²) in [4.78, 5) is 15.5. The summed E-state index contributed by atoms with van der Waals surface area (Å²) in [5, 5.41) is 9.15. The maximum absolute atomic E-state index is 11.5. The van der Waals surface area contributed by atoms with Gasteiger partial charge in [0, 0.05) is 4.47 Å². The second-order valence-corrected chi connectivity index (χ2v) is 5.24. The summed E-state index contributed by atoms with van der Waals surface area (Å²) in [5.41, 5.74) is 0.0487. The molecule has 1 rings (SSSR count). The highest BCUT2D eigenvalue weighted by atomic mass is 79.9. The number of rotatable bonds is 2. The number of halogens is 1. The molecule has 0 aromatic carbocycles. The number of hydrogen-bond donors (Lipinski definition) is 1. The van der Waals surface area contributed by atoms with Gasteiger partial charge in [0.2, 0.25) is 0 Å². The first-order chi connectivity index (χ1) is 7.28. The van der Waals surface area contributed by atoms with Crippen molar-refractivity contribution in [1.29, 1.82) is 0 Å². The molecule has 0 aliphatic heterocycles. The third-order valence-corrected chi connectivity index (χ3v) is 2.32. The molecule has 0 amide bonds. The van der Waals surface area contributed by atoms with E-state index in [1.807, 2.05) is 20.8 Å². The molecular formula is C11H14BrNO3. The van der Waals surface area contributed by atoms with Crippen molar-refractivity contribution < 1.29 is 14.6 Å². The van der Waals surface area contributed by atoms with Crippen LogP contribution >= 0.6 is 15.9 Å². The highest BCUT2D eigenvalue weighted by molar-refractivity contribution is 9.10. The van der Waals surface area contributed by atoms with E-state index in [0.29, 0.717) is 10.2 Å². The van der Waals surface area contributed by atoms with Crippen molar-refractivity contribution in [3.8, 4) is 5.75 Å². The Bertz CT molecular complexity index is 399. The number of carbonyl (C=O) groups is 1. The fourth-order valence-electron chi connectivity index (χ4n) is 1.10. The summed E-state index contributed by atoms with van der Waals surface area (Å²) in [6.45, 7) is 5.43. The Kier molecular flexibility index (Phi) is 3.91. The van der Waals surface area contributed by atoms with E-state index < -0.39 is 5.60 Å². The van der Waals surface area contributed by atoms with E-state index in [2.05, 4.69) is 20.9 Å². The Labute approximate surface area is 103 Å². The van der Waals surface area contributed by atoms with Gasteiger partial charge in [0.1, 0.15) is 11.4 Å². The number of aromatic hydroxyl groups is 1. The average molecular weight is 288 g/mol. The zero-order valence-electron chi connectivity index (χ0n) is 9.45. The molecule has 0 atom stereocenters. The molecule has 0 saturated carbocycles. The molecule has 0 aliphatic carbocycles. The summed E-state index contributed by atoms with van der Waals surface area (Å²) in [5.74, 6) is -0.286. The van der Waals surface area contributed by atoms with Gasteiger partial charge in [-0.15, -0.1) is 0 Å². The number of aromatic nitrogens is 1. The minimum Gasteiger partial charge on any atom is -0.506 e. The molecular weight excluding hydrogens is 274 g/mol. The topological polar surface area (TPSA) is 59.4 Å². The number of ether oxygens (including phenoxy) is 1. The Morgan fingerprint density at radius 1 is 1.56 bits per heavy atom. The fourth-order valence-corrected chi connectivity index (χ4v) is 1.58. The van der Waals surface area contributed by atoms with Crippen LogP contribution in [0, 0.1) is 0 Å². The van der Waals surface area contributed by atoms with Crippen LogP contribution in [0.15, 0.2) is 16.7 Å². The molecule has 88 valence electrons. The monoisotopic (exact) mass is 287 g/mol. The standard InChI is InChI=1S/C11H14BrNO3/c1-11(2,3)16-10(15)5-9-8(12)4-7(14)6-13-9/h4,6,14H,5H2,1-3H3. The van der Waals surface area contributed by atoms with Gasteiger partial charge in [0.05, 0.1) is 18.3 Å². The van der Waals surface area contributed by atoms with Crippen molar-refractivity contribution in [2.24, 2.45) is 0 Å². The number of hydrogen-bond acceptors (Lipinski definition) is 4. The zero-order chi connectivity index (χ0) is 12.3. The molecule has 0 radical (unpaired) electrons. The van der Waals surface area contributed by atoms with E-state index in [-0.39, 0.29) is 18.1 Å². The second-order valence-electron chi connectivity index (χ2n) is 4.39. The summed E-state index contributed by atoms with van der Waals surface area (Å²) in [6, 6.07) is 1.49. The van der Waals surface area contributed by atoms with Gasteiger partial charge in [0.15, 0.2) is 0 Å². The van der Waals surface area contributed by atoms with Crippen molar-refractivity contribution in [2.45, 2.75) is 32.8 Å². The Balaban J connectivity index is 2.70. The number of nitrogens with zero attached hydrogens (tertiary/aromatic N) is 1. The Morgan fingerprint density at radius 3 is 2.69 bits per heavy atom. The van der Waals surface area contributed by atoms with E-state index in [9.17, 15) is 4.79 Å². The quantitative estimate of drug-likeness (QED) is 0.849. The predicted octanol–water partition coefficient (Wildman–Crippen LogP) is 2.43. The van der Waals surface area contributed by atoms with Gasteiger partial charge < -0.3 is 9.84 Å². The van der Waals surface area contributed by atoms with Crippen LogP contribution in [-0.4, -0.2) is 21.7 Å². The third-order valence-electron chi connectivity index (χ3n) is 1.63. The molecule has 0 aliphatic rings. The largest absolute Gasteiger partial charge is 0.506 e. The van der Waals surface area contributed by atoms with E-state index in [0.717, 1.165) is 0 Å². The lowest BCUT2D eigenvalue weighted by atomic mass is 10.2. The second kappa shape index (κ2) is 4.82. The van der Waals surface area contributed by atoms with Crippen LogP contribution in [0.2, 0.25) is 0 Å². The molecule has 16 heavy (non-hydrogen) atoms. The van der Waals surface area contributed by atoms with Crippen LogP contribution in [0.25, 0.3) is 0 Å². The van der Waals surface area contributed by atoms with Crippen LogP contribution in [0.3, 0.4) is 0 Å². The van der Waals surface area contributed by atoms with Crippen LogP contribution < -0.4 is 0 Å². The molecule has 1 aromatic heterocycles. The smallest absolute Gasteiger partial charge is 0.312 e. The van der Waals surface area contributed by atoms with Crippen molar-refractivity contribution >= 4 is 21.9 Å². The lowest BCUT2D eigenvalue weighted by Crippen LogP contribution is -2.25. The third kappa shape index (κ3) is 4.18. The lowest BCUT2D eigenvalue weighted by Gasteiger charge is -2.19. The van der Waals surface area contributed by atoms with E-state index in [1.165, 1.54) is 12.3 Å². The average Bonchev–Trinajstić information content (AvgIpc) is 2.06. The molecule has 1 heterocycles. The summed E-state index contributed by atoms with van der Waals surface area (Å²) < 4.78 is 5.76. The van der Waals surface area contributed by atoms with Gasteiger partial charge in [-0.3, -0.25) is 9.78 Å². The zero-order valence-corrected chi connectivity index (χ0v) is 11.0. The molecule has 0 fully saturated rings. The lowest BCUT2D eigenvalue weighted by molar-refractivity contribution is -0.154. The number of esters is 1. The van der Waals surface area contributed by atoms with E-state index in [4.69, 9.17) is 9.84 Å². The normalized spacial score (nSPS) is 11.2. The summed E-state index contributed by atoms with van der Waals surface area (Å²) in [6.07, 6.45) is 1.38. The maximum atomic E-state index is 11.5. The first-order valence-electron chi connectivity index (χ1n) is 4.83. The summed E-state index contributed by atoms with van der Waals surface area (Å²) in [7, 11) is 0. The van der Waals surface area contributed by atoms with Gasteiger partial charge in [-0.25, -0.2) is 0 Å². The van der Waals surface area contributed by atoms with Gasteiger partial charge in [0.25, 0.3) is 0 Å². The Morgan fingerprint density at radius 2 is 2.19 bits per heavy atom. The number of carbonyl (C=O) groups excluding carboxylic acids is 1. The van der Waals surface area contributed by atoms with Crippen LogP contribution in [-0.2, 0) is 16.0 Å². The molecule has 0 saturated heterocycles. The predicted molar refractivity (Wildman–Crippen MR) is 63.2 cm³/mol. The minimum absolute atomic E-state index is 0.0554. The van der Waals surface area contributed by atoms with Crippen molar-refractivity contribution in [1.82, 2.24) is 4.98 Å². The van der Waals surface area contributed by atoms with E-state index in [1.54, 1.807) is 0 Å². The maximum Gasteiger partial charge on any atom is 0.312 e. The molecule has 0 bridgehead atoms. The molecule has 1 aromatic rings. The molecule has 5 heteroatoms. The summed E-state index contributed by atoms with van der Waals surface area (Å²) >= 11 is 3.22. The van der Waals surface area contributed by atoms with Crippen molar-refractivity contribution in [2.75, 3.05) is 0 Å². The minimum atomic E-state index is -0.500. The van der Waals surface area contributed by atoms with Crippen molar-refractivity contribution in [3.05, 3.63) is 22.4 Å².